The molecule has 0 aromatic carbocycles. The molecule has 3 unspecified atom stereocenters. The van der Waals surface area contributed by atoms with Gasteiger partial charge in [0.15, 0.2) is 0 Å². The van der Waals surface area contributed by atoms with E-state index in [9.17, 15) is 0 Å². The summed E-state index contributed by atoms with van der Waals surface area (Å²) in [6.07, 6.45) is 15.2. The predicted molar refractivity (Wildman–Crippen MR) is 106 cm³/mol. The van der Waals surface area contributed by atoms with Gasteiger partial charge in [0.1, 0.15) is 5.82 Å². The van der Waals surface area contributed by atoms with E-state index in [-0.39, 0.29) is 0 Å². The van der Waals surface area contributed by atoms with Gasteiger partial charge in [0.2, 0.25) is 0 Å². The highest BCUT2D eigenvalue weighted by atomic mass is 15.1. The summed E-state index contributed by atoms with van der Waals surface area (Å²) in [5.41, 5.74) is 4.25. The fourth-order valence-corrected chi connectivity index (χ4v) is 4.75. The van der Waals surface area contributed by atoms with Crippen molar-refractivity contribution in [3.63, 3.8) is 0 Å². The number of rotatable bonds is 3. The number of nitrogens with one attached hydrogen (secondary N) is 1. The molecule has 0 aliphatic heterocycles. The zero-order valence-corrected chi connectivity index (χ0v) is 15.9. The quantitative estimate of drug-likeness (QED) is 0.895. The molecular weight excluding hydrogens is 292 g/mol. The predicted octanol–water partition coefficient (Wildman–Crippen LogP) is 3.84. The Balaban J connectivity index is 2.12. The van der Waals surface area contributed by atoms with Crippen molar-refractivity contribution in [1.29, 1.82) is 0 Å². The van der Waals surface area contributed by atoms with Gasteiger partial charge in [-0.05, 0) is 44.9 Å². The molecule has 1 heterocycles. The van der Waals surface area contributed by atoms with Gasteiger partial charge in [0, 0.05) is 30.2 Å². The third-order valence-electron chi connectivity index (χ3n) is 5.59. The topological polar surface area (TPSA) is 17.0 Å². The van der Waals surface area contributed by atoms with Crippen LogP contribution in [0.1, 0.15) is 39.7 Å². The first-order valence-electron chi connectivity index (χ1n) is 9.05. The van der Waals surface area contributed by atoms with Gasteiger partial charge in [-0.25, -0.2) is 0 Å². The van der Waals surface area contributed by atoms with Crippen LogP contribution in [0.3, 0.4) is 0 Å². The van der Waals surface area contributed by atoms with Crippen LogP contribution in [0.4, 0.5) is 5.82 Å². The maximum absolute atomic E-state index is 3.37. The number of hydrogen-bond donors (Lipinski definition) is 1. The van der Waals surface area contributed by atoms with E-state index in [1.54, 1.807) is 0 Å². The molecule has 3 rings (SSSR count). The zero-order chi connectivity index (χ0) is 17.4. The van der Waals surface area contributed by atoms with E-state index in [4.69, 9.17) is 0 Å². The summed E-state index contributed by atoms with van der Waals surface area (Å²) in [5.74, 6) is 2.98. The van der Waals surface area contributed by atoms with Gasteiger partial charge in [-0.15, -0.1) is 0 Å². The molecular formula is C22H30N2. The van der Waals surface area contributed by atoms with Crippen LogP contribution in [0.15, 0.2) is 29.4 Å². The van der Waals surface area contributed by atoms with Crippen molar-refractivity contribution in [3.05, 3.63) is 45.5 Å². The van der Waals surface area contributed by atoms with Gasteiger partial charge in [-0.2, -0.15) is 0 Å². The van der Waals surface area contributed by atoms with E-state index in [0.29, 0.717) is 17.8 Å². The lowest BCUT2D eigenvalue weighted by Gasteiger charge is -2.33. The summed E-state index contributed by atoms with van der Waals surface area (Å²) >= 11 is 0. The molecule has 128 valence electrons. The number of anilines is 1. The normalized spacial score (nSPS) is 26.3. The Morgan fingerprint density at radius 3 is 2.62 bits per heavy atom. The molecule has 0 radical (unpaired) electrons. The van der Waals surface area contributed by atoms with E-state index in [1.165, 1.54) is 33.1 Å². The molecule has 0 amide bonds. The number of allylic oxidation sites excluding steroid dienone is 5. The van der Waals surface area contributed by atoms with Gasteiger partial charge in [-0.1, -0.05) is 54.5 Å². The molecule has 0 spiro atoms. The molecule has 0 bridgehead atoms. The molecule has 0 saturated heterocycles. The Morgan fingerprint density at radius 1 is 1.25 bits per heavy atom. The van der Waals surface area contributed by atoms with Crippen LogP contribution in [-0.2, 0) is 7.05 Å². The standard InChI is InChI=1S/C22H30N2/c1-7-8-18-19-13-17(9-10-20(19)24(6)22(18)23-5)21-15(3)11-14(2)12-16(21)4/h7-8,10-13,15,17,21,23H,9H2,1-6H3/b8-7-. The van der Waals surface area contributed by atoms with Crippen LogP contribution >= 0.6 is 0 Å². The minimum absolute atomic E-state index is 0.573. The summed E-state index contributed by atoms with van der Waals surface area (Å²) in [4.78, 5) is 0. The Labute approximate surface area is 146 Å². The number of hydrogen-bond acceptors (Lipinski definition) is 1. The molecule has 0 fully saturated rings. The van der Waals surface area contributed by atoms with Crippen LogP contribution in [0.2, 0.25) is 0 Å². The third-order valence-corrected chi connectivity index (χ3v) is 5.59. The molecule has 1 N–H and O–H groups in total. The van der Waals surface area contributed by atoms with E-state index in [2.05, 4.69) is 81.1 Å². The molecule has 24 heavy (non-hydrogen) atoms. The maximum atomic E-state index is 3.37. The second-order valence-corrected chi connectivity index (χ2v) is 7.32. The molecule has 2 aliphatic rings. The molecule has 3 atom stereocenters. The van der Waals surface area contributed by atoms with Crippen LogP contribution in [0.25, 0.3) is 18.2 Å². The van der Waals surface area contributed by atoms with Gasteiger partial charge in [0.05, 0.1) is 0 Å². The lowest BCUT2D eigenvalue weighted by Crippen LogP contribution is -2.35. The van der Waals surface area contributed by atoms with E-state index < -0.39 is 0 Å². The number of nitrogens with zero attached hydrogens (tertiary/aromatic N) is 1. The van der Waals surface area contributed by atoms with Crippen molar-refractivity contribution in [2.75, 3.05) is 12.4 Å². The average molecular weight is 322 g/mol. The summed E-state index contributed by atoms with van der Waals surface area (Å²) in [7, 11) is 4.16. The fraction of sp³-hybridized carbons (Fsp3) is 0.455. The highest BCUT2D eigenvalue weighted by molar-refractivity contribution is 5.68. The molecule has 1 aromatic heterocycles. The lowest BCUT2D eigenvalue weighted by molar-refractivity contribution is 0.387. The SMILES string of the molecule is C/C=C\c1c(NC)n(C)c2c1=CC(C1C(C)=CC(C)=CC1C)CC=2. The first-order chi connectivity index (χ1) is 11.5. The Morgan fingerprint density at radius 2 is 2.00 bits per heavy atom. The molecule has 1 aromatic rings. The van der Waals surface area contributed by atoms with Gasteiger partial charge >= 0.3 is 0 Å². The smallest absolute Gasteiger partial charge is 0.113 e. The highest BCUT2D eigenvalue weighted by Crippen LogP contribution is 2.37. The summed E-state index contributed by atoms with van der Waals surface area (Å²) in [6.45, 7) is 8.97. The Kier molecular flexibility index (Phi) is 4.58. The second kappa shape index (κ2) is 6.51. The summed E-state index contributed by atoms with van der Waals surface area (Å²) < 4.78 is 2.29. The van der Waals surface area contributed by atoms with Gasteiger partial charge < -0.3 is 9.88 Å². The van der Waals surface area contributed by atoms with Crippen molar-refractivity contribution in [1.82, 2.24) is 4.57 Å². The van der Waals surface area contributed by atoms with Crippen molar-refractivity contribution in [2.24, 2.45) is 24.8 Å². The van der Waals surface area contributed by atoms with Crippen LogP contribution in [0, 0.1) is 17.8 Å². The Hall–Kier alpha value is -1.96. The molecule has 2 aliphatic carbocycles. The minimum Gasteiger partial charge on any atom is -0.374 e. The monoisotopic (exact) mass is 322 g/mol. The van der Waals surface area contributed by atoms with Crippen molar-refractivity contribution in [2.45, 2.75) is 34.1 Å². The largest absolute Gasteiger partial charge is 0.374 e. The average Bonchev–Trinajstić information content (AvgIpc) is 2.78. The first kappa shape index (κ1) is 16.9. The summed E-state index contributed by atoms with van der Waals surface area (Å²) in [6, 6.07) is 0. The lowest BCUT2D eigenvalue weighted by atomic mass is 9.72. The van der Waals surface area contributed by atoms with Crippen molar-refractivity contribution >= 4 is 24.0 Å². The second-order valence-electron chi connectivity index (χ2n) is 7.32. The fourth-order valence-electron chi connectivity index (χ4n) is 4.75. The first-order valence-corrected chi connectivity index (χ1v) is 9.05. The maximum Gasteiger partial charge on any atom is 0.113 e. The highest BCUT2D eigenvalue weighted by Gasteiger charge is 2.29. The zero-order valence-electron chi connectivity index (χ0n) is 15.9. The number of aromatic nitrogens is 1. The number of fused-ring (bicyclic) bond motifs is 1. The van der Waals surface area contributed by atoms with E-state index in [0.717, 1.165) is 6.42 Å². The molecule has 2 nitrogen and oxygen atoms in total. The minimum atomic E-state index is 0.573. The van der Waals surface area contributed by atoms with E-state index >= 15 is 0 Å². The van der Waals surface area contributed by atoms with Gasteiger partial charge in [0.25, 0.3) is 0 Å². The Bertz CT molecular complexity index is 846. The summed E-state index contributed by atoms with van der Waals surface area (Å²) in [5, 5.41) is 6.11. The van der Waals surface area contributed by atoms with Crippen molar-refractivity contribution < 1.29 is 0 Å². The third kappa shape index (κ3) is 2.68. The van der Waals surface area contributed by atoms with Gasteiger partial charge in [-0.3, -0.25) is 0 Å². The van der Waals surface area contributed by atoms with E-state index in [1.807, 2.05) is 7.05 Å². The van der Waals surface area contributed by atoms with Crippen LogP contribution < -0.4 is 15.9 Å². The molecule has 2 heteroatoms. The van der Waals surface area contributed by atoms with Crippen molar-refractivity contribution in [3.8, 4) is 0 Å². The molecule has 0 saturated carbocycles. The van der Waals surface area contributed by atoms with Crippen LogP contribution in [-0.4, -0.2) is 11.6 Å². The van der Waals surface area contributed by atoms with Crippen LogP contribution in [0.5, 0.6) is 0 Å².